The van der Waals surface area contributed by atoms with Gasteiger partial charge in [0.1, 0.15) is 11.5 Å². The molecule has 2 heterocycles. The fraction of sp³-hybridized carbons (Fsp3) is 0.467. The van der Waals surface area contributed by atoms with E-state index in [-0.39, 0.29) is 12.3 Å². The third-order valence-electron chi connectivity index (χ3n) is 7.57. The zero-order valence-corrected chi connectivity index (χ0v) is 21.5. The highest BCUT2D eigenvalue weighted by Crippen LogP contribution is 2.32. The van der Waals surface area contributed by atoms with Gasteiger partial charge in [0.05, 0.1) is 19.7 Å². The van der Waals surface area contributed by atoms with Crippen LogP contribution in [0.2, 0.25) is 0 Å². The monoisotopic (exact) mass is 490 g/mol. The summed E-state index contributed by atoms with van der Waals surface area (Å²) in [6.45, 7) is 2.95. The van der Waals surface area contributed by atoms with Gasteiger partial charge < -0.3 is 19.5 Å². The Kier molecular flexibility index (Phi) is 9.17. The van der Waals surface area contributed by atoms with E-state index >= 15 is 0 Å². The van der Waals surface area contributed by atoms with Crippen molar-refractivity contribution in [2.75, 3.05) is 33.9 Å². The molecule has 0 spiro atoms. The average Bonchev–Trinajstić information content (AvgIpc) is 2.89. The SMILES string of the molecule is COc1ccc(CCCN2CC[C@@H](CCCc3ccnc4ccc(OC)cc34)[C@@H](CC(=O)O)C2)cc1. The van der Waals surface area contributed by atoms with Gasteiger partial charge in [-0.3, -0.25) is 9.78 Å². The van der Waals surface area contributed by atoms with Gasteiger partial charge in [-0.2, -0.15) is 0 Å². The van der Waals surface area contributed by atoms with Crippen LogP contribution in [0.4, 0.5) is 0 Å². The number of carbonyl (C=O) groups is 1. The molecule has 1 saturated heterocycles. The molecule has 1 fully saturated rings. The standard InChI is InChI=1S/C30H38N2O4/c1-35-26-10-8-22(9-11-26)5-4-17-32-18-15-23(25(21-32)19-30(33)34)6-3-7-24-14-16-31-29-13-12-27(36-2)20-28(24)29/h8-14,16,20,23,25H,3-7,15,17-19,21H2,1-2H3,(H,33,34)/t23-,25+/m1/s1. The third-order valence-corrected chi connectivity index (χ3v) is 7.57. The molecular weight excluding hydrogens is 452 g/mol. The maximum absolute atomic E-state index is 11.6. The summed E-state index contributed by atoms with van der Waals surface area (Å²) in [7, 11) is 3.37. The zero-order valence-electron chi connectivity index (χ0n) is 21.5. The molecule has 1 aliphatic rings. The average molecular weight is 491 g/mol. The first-order valence-electron chi connectivity index (χ1n) is 13.0. The molecule has 0 amide bonds. The maximum atomic E-state index is 11.6. The smallest absolute Gasteiger partial charge is 0.303 e. The number of hydrogen-bond donors (Lipinski definition) is 1. The van der Waals surface area contributed by atoms with Crippen LogP contribution in [0, 0.1) is 11.8 Å². The Labute approximate surface area is 214 Å². The number of pyridine rings is 1. The minimum absolute atomic E-state index is 0.214. The fourth-order valence-corrected chi connectivity index (χ4v) is 5.58. The number of carboxylic acids is 1. The number of fused-ring (bicyclic) bond motifs is 1. The highest BCUT2D eigenvalue weighted by Gasteiger charge is 2.30. The van der Waals surface area contributed by atoms with Crippen molar-refractivity contribution >= 4 is 16.9 Å². The number of benzene rings is 2. The van der Waals surface area contributed by atoms with Gasteiger partial charge in [-0.1, -0.05) is 12.1 Å². The minimum atomic E-state index is -0.683. The van der Waals surface area contributed by atoms with Gasteiger partial charge in [0, 0.05) is 24.5 Å². The number of methoxy groups -OCH3 is 2. The van der Waals surface area contributed by atoms with E-state index in [9.17, 15) is 9.90 Å². The van der Waals surface area contributed by atoms with Gasteiger partial charge in [0.25, 0.3) is 0 Å². The molecule has 0 bridgehead atoms. The second kappa shape index (κ2) is 12.7. The van der Waals surface area contributed by atoms with Gasteiger partial charge in [0.15, 0.2) is 0 Å². The number of hydrogen-bond acceptors (Lipinski definition) is 5. The largest absolute Gasteiger partial charge is 0.497 e. The van der Waals surface area contributed by atoms with Crippen LogP contribution in [0.5, 0.6) is 11.5 Å². The normalized spacial score (nSPS) is 18.3. The summed E-state index contributed by atoms with van der Waals surface area (Å²) in [5.41, 5.74) is 3.58. The first kappa shape index (κ1) is 26.0. The molecule has 2 aromatic carbocycles. The molecule has 3 aromatic rings. The van der Waals surface area contributed by atoms with E-state index < -0.39 is 5.97 Å². The van der Waals surface area contributed by atoms with Crippen molar-refractivity contribution in [3.63, 3.8) is 0 Å². The summed E-state index contributed by atoms with van der Waals surface area (Å²) in [5.74, 6) is 1.72. The highest BCUT2D eigenvalue weighted by atomic mass is 16.5. The molecule has 0 saturated carbocycles. The molecule has 0 aliphatic carbocycles. The van der Waals surface area contributed by atoms with Crippen LogP contribution in [0.3, 0.4) is 0 Å². The molecule has 1 N–H and O–H groups in total. The first-order valence-corrected chi connectivity index (χ1v) is 13.0. The molecule has 4 rings (SSSR count). The predicted molar refractivity (Wildman–Crippen MR) is 143 cm³/mol. The van der Waals surface area contributed by atoms with Crippen LogP contribution >= 0.6 is 0 Å². The Morgan fingerprint density at radius 1 is 1.00 bits per heavy atom. The maximum Gasteiger partial charge on any atom is 0.303 e. The lowest BCUT2D eigenvalue weighted by Gasteiger charge is -2.38. The van der Waals surface area contributed by atoms with Gasteiger partial charge in [-0.05, 0) is 111 Å². The number of piperidine rings is 1. The van der Waals surface area contributed by atoms with Crippen molar-refractivity contribution in [3.05, 3.63) is 65.9 Å². The van der Waals surface area contributed by atoms with Crippen LogP contribution in [0.1, 0.15) is 43.2 Å². The number of aryl methyl sites for hydroxylation is 2. The van der Waals surface area contributed by atoms with Crippen molar-refractivity contribution in [1.29, 1.82) is 0 Å². The van der Waals surface area contributed by atoms with Crippen LogP contribution < -0.4 is 9.47 Å². The van der Waals surface area contributed by atoms with Gasteiger partial charge in [0.2, 0.25) is 0 Å². The molecule has 6 nitrogen and oxygen atoms in total. The molecule has 2 atom stereocenters. The number of ether oxygens (including phenoxy) is 2. The van der Waals surface area contributed by atoms with E-state index in [0.29, 0.717) is 5.92 Å². The van der Waals surface area contributed by atoms with Crippen molar-refractivity contribution in [2.45, 2.75) is 44.9 Å². The molecular formula is C30H38N2O4. The van der Waals surface area contributed by atoms with E-state index in [4.69, 9.17) is 9.47 Å². The van der Waals surface area contributed by atoms with Crippen molar-refractivity contribution < 1.29 is 19.4 Å². The van der Waals surface area contributed by atoms with Crippen molar-refractivity contribution in [3.8, 4) is 11.5 Å². The van der Waals surface area contributed by atoms with Gasteiger partial charge in [-0.15, -0.1) is 0 Å². The second-order valence-corrected chi connectivity index (χ2v) is 9.90. The highest BCUT2D eigenvalue weighted by molar-refractivity contribution is 5.83. The lowest BCUT2D eigenvalue weighted by atomic mass is 9.79. The summed E-state index contributed by atoms with van der Waals surface area (Å²) < 4.78 is 10.6. The third kappa shape index (κ3) is 6.97. The molecule has 1 aliphatic heterocycles. The van der Waals surface area contributed by atoms with Crippen LogP contribution in [0.15, 0.2) is 54.7 Å². The molecule has 0 unspecified atom stereocenters. The van der Waals surface area contributed by atoms with E-state index in [1.54, 1.807) is 14.2 Å². The summed E-state index contributed by atoms with van der Waals surface area (Å²) in [6.07, 6.45) is 8.39. The van der Waals surface area contributed by atoms with Crippen molar-refractivity contribution in [1.82, 2.24) is 9.88 Å². The zero-order chi connectivity index (χ0) is 25.3. The topological polar surface area (TPSA) is 71.9 Å². The quantitative estimate of drug-likeness (QED) is 0.355. The summed E-state index contributed by atoms with van der Waals surface area (Å²) in [4.78, 5) is 18.6. The van der Waals surface area contributed by atoms with E-state index in [1.807, 2.05) is 30.5 Å². The summed E-state index contributed by atoms with van der Waals surface area (Å²) in [5, 5.41) is 10.7. The number of aromatic nitrogens is 1. The number of carboxylic acid groups (broad SMARTS) is 1. The molecule has 0 radical (unpaired) electrons. The summed E-state index contributed by atoms with van der Waals surface area (Å²) >= 11 is 0. The van der Waals surface area contributed by atoms with E-state index in [0.717, 1.165) is 80.6 Å². The molecule has 6 heteroatoms. The Balaban J connectivity index is 1.29. The van der Waals surface area contributed by atoms with E-state index in [1.165, 1.54) is 11.1 Å². The van der Waals surface area contributed by atoms with E-state index in [2.05, 4.69) is 34.1 Å². The van der Waals surface area contributed by atoms with Crippen LogP contribution in [-0.4, -0.2) is 54.8 Å². The first-order chi connectivity index (χ1) is 17.6. The van der Waals surface area contributed by atoms with Crippen molar-refractivity contribution in [2.24, 2.45) is 11.8 Å². The van der Waals surface area contributed by atoms with Crippen LogP contribution in [0.25, 0.3) is 10.9 Å². The number of likely N-dealkylation sites (tertiary alicyclic amines) is 1. The molecule has 36 heavy (non-hydrogen) atoms. The number of nitrogens with zero attached hydrogens (tertiary/aromatic N) is 2. The lowest BCUT2D eigenvalue weighted by molar-refractivity contribution is -0.139. The van der Waals surface area contributed by atoms with Gasteiger partial charge >= 0.3 is 5.97 Å². The fourth-order valence-electron chi connectivity index (χ4n) is 5.58. The Morgan fingerprint density at radius 3 is 2.53 bits per heavy atom. The second-order valence-electron chi connectivity index (χ2n) is 9.90. The Hall–Kier alpha value is -3.12. The number of rotatable bonds is 12. The van der Waals surface area contributed by atoms with Gasteiger partial charge in [-0.25, -0.2) is 0 Å². The molecule has 1 aromatic heterocycles. The Morgan fingerprint density at radius 2 is 1.78 bits per heavy atom. The molecule has 192 valence electrons. The minimum Gasteiger partial charge on any atom is -0.497 e. The predicted octanol–water partition coefficient (Wildman–Crippen LogP) is 5.62. The van der Waals surface area contributed by atoms with Crippen LogP contribution in [-0.2, 0) is 17.6 Å². The Bertz CT molecular complexity index is 1130. The number of aliphatic carboxylic acids is 1. The lowest BCUT2D eigenvalue weighted by Crippen LogP contribution is -2.41. The summed E-state index contributed by atoms with van der Waals surface area (Å²) in [6, 6.07) is 16.4.